The van der Waals surface area contributed by atoms with E-state index in [1.54, 1.807) is 6.92 Å². The zero-order valence-electron chi connectivity index (χ0n) is 13.0. The highest BCUT2D eigenvalue weighted by molar-refractivity contribution is 7.90. The average Bonchev–Trinajstić information content (AvgIpc) is 2.90. The van der Waals surface area contributed by atoms with Crippen molar-refractivity contribution in [2.75, 3.05) is 5.75 Å². The van der Waals surface area contributed by atoms with Crippen molar-refractivity contribution in [3.05, 3.63) is 47.6 Å². The van der Waals surface area contributed by atoms with Crippen LogP contribution >= 0.6 is 0 Å². The maximum absolute atomic E-state index is 12.0. The molecule has 23 heavy (non-hydrogen) atoms. The van der Waals surface area contributed by atoms with Crippen molar-refractivity contribution in [1.29, 1.82) is 0 Å². The van der Waals surface area contributed by atoms with Gasteiger partial charge in [0.25, 0.3) is 0 Å². The molecule has 1 atom stereocenters. The first-order valence-corrected chi connectivity index (χ1v) is 9.02. The first kappa shape index (κ1) is 17.1. The fourth-order valence-corrected chi connectivity index (χ4v) is 3.18. The summed E-state index contributed by atoms with van der Waals surface area (Å²) in [6, 6.07) is 9.29. The van der Waals surface area contributed by atoms with E-state index in [2.05, 4.69) is 15.5 Å². The van der Waals surface area contributed by atoms with Crippen molar-refractivity contribution < 1.29 is 17.7 Å². The first-order valence-electron chi connectivity index (χ1n) is 7.19. The van der Waals surface area contributed by atoms with E-state index in [4.69, 9.17) is 4.52 Å². The fraction of sp³-hybridized carbons (Fsp3) is 0.400. The zero-order chi connectivity index (χ0) is 16.9. The summed E-state index contributed by atoms with van der Waals surface area (Å²) in [4.78, 5) is 15.8. The molecule has 0 aliphatic carbocycles. The van der Waals surface area contributed by atoms with Crippen LogP contribution < -0.4 is 5.32 Å². The lowest BCUT2D eigenvalue weighted by Gasteiger charge is -2.14. The number of benzene rings is 1. The maximum Gasteiger partial charge on any atom is 0.241 e. The molecule has 8 heteroatoms. The van der Waals surface area contributed by atoms with Gasteiger partial charge >= 0.3 is 0 Å². The summed E-state index contributed by atoms with van der Waals surface area (Å²) in [6.45, 7) is 3.46. The molecule has 0 unspecified atom stereocenters. The van der Waals surface area contributed by atoms with Gasteiger partial charge in [-0.1, -0.05) is 35.5 Å². The Morgan fingerprint density at radius 2 is 2.00 bits per heavy atom. The Morgan fingerprint density at radius 3 is 2.61 bits per heavy atom. The number of nitrogens with one attached hydrogen (secondary N) is 1. The topological polar surface area (TPSA) is 102 Å². The van der Waals surface area contributed by atoms with Crippen LogP contribution in [0.15, 0.2) is 34.9 Å². The number of hydrogen-bond acceptors (Lipinski definition) is 6. The molecule has 0 saturated carbocycles. The van der Waals surface area contributed by atoms with Crippen LogP contribution in [-0.2, 0) is 20.4 Å². The smallest absolute Gasteiger partial charge is 0.241 e. The molecule has 2 aromatic rings. The van der Waals surface area contributed by atoms with E-state index >= 15 is 0 Å². The normalized spacial score (nSPS) is 12.8. The molecule has 2 rings (SSSR count). The van der Waals surface area contributed by atoms with Crippen molar-refractivity contribution in [1.82, 2.24) is 15.5 Å². The molecule has 124 valence electrons. The first-order chi connectivity index (χ1) is 10.9. The molecule has 0 saturated heterocycles. The molecule has 1 N–H and O–H groups in total. The van der Waals surface area contributed by atoms with Gasteiger partial charge in [0, 0.05) is 6.42 Å². The SMILES string of the molecule is Cc1noc(CS(=O)(=O)CCC(=O)N[C@@H](C)c2ccccc2)n1. The molecule has 0 fully saturated rings. The maximum atomic E-state index is 12.0. The van der Waals surface area contributed by atoms with Crippen molar-refractivity contribution in [2.45, 2.75) is 32.1 Å². The standard InChI is InChI=1S/C15H19N3O4S/c1-11(13-6-4-3-5-7-13)16-14(19)8-9-23(20,21)10-15-17-12(2)18-22-15/h3-7,11H,8-10H2,1-2H3,(H,16,19)/t11-/m0/s1. The van der Waals surface area contributed by atoms with Crippen LogP contribution in [0.5, 0.6) is 0 Å². The molecule has 0 spiro atoms. The van der Waals surface area contributed by atoms with Gasteiger partial charge in [0.1, 0.15) is 5.75 Å². The number of sulfone groups is 1. The molecule has 0 aliphatic heterocycles. The highest BCUT2D eigenvalue weighted by Gasteiger charge is 2.19. The van der Waals surface area contributed by atoms with Gasteiger partial charge in [-0.3, -0.25) is 4.79 Å². The van der Waals surface area contributed by atoms with Crippen molar-refractivity contribution in [3.8, 4) is 0 Å². The highest BCUT2D eigenvalue weighted by Crippen LogP contribution is 2.11. The fourth-order valence-electron chi connectivity index (χ4n) is 2.05. The van der Waals surface area contributed by atoms with Gasteiger partial charge in [0.2, 0.25) is 11.8 Å². The van der Waals surface area contributed by atoms with E-state index in [1.165, 1.54) is 0 Å². The summed E-state index contributed by atoms with van der Waals surface area (Å²) < 4.78 is 28.7. The lowest BCUT2D eigenvalue weighted by molar-refractivity contribution is -0.121. The summed E-state index contributed by atoms with van der Waals surface area (Å²) in [5.41, 5.74) is 0.963. The van der Waals surface area contributed by atoms with E-state index in [9.17, 15) is 13.2 Å². The van der Waals surface area contributed by atoms with Crippen LogP contribution in [0.1, 0.15) is 36.7 Å². The predicted molar refractivity (Wildman–Crippen MR) is 84.1 cm³/mol. The van der Waals surface area contributed by atoms with E-state index < -0.39 is 9.84 Å². The quantitative estimate of drug-likeness (QED) is 0.822. The largest absolute Gasteiger partial charge is 0.350 e. The second-order valence-corrected chi connectivity index (χ2v) is 7.46. The Balaban J connectivity index is 1.83. The van der Waals surface area contributed by atoms with Crippen molar-refractivity contribution in [3.63, 3.8) is 0 Å². The minimum Gasteiger partial charge on any atom is -0.350 e. The second kappa shape index (κ2) is 7.36. The summed E-state index contributed by atoms with van der Waals surface area (Å²) in [5, 5.41) is 6.32. The van der Waals surface area contributed by atoms with Crippen molar-refractivity contribution >= 4 is 15.7 Å². The molecule has 7 nitrogen and oxygen atoms in total. The number of amides is 1. The van der Waals surface area contributed by atoms with Gasteiger partial charge in [-0.05, 0) is 19.4 Å². The summed E-state index contributed by atoms with van der Waals surface area (Å²) in [6.07, 6.45) is -0.105. The lowest BCUT2D eigenvalue weighted by Crippen LogP contribution is -2.28. The van der Waals surface area contributed by atoms with Crippen LogP contribution in [-0.4, -0.2) is 30.2 Å². The minimum atomic E-state index is -3.47. The lowest BCUT2D eigenvalue weighted by atomic mass is 10.1. The highest BCUT2D eigenvalue weighted by atomic mass is 32.2. The van der Waals surface area contributed by atoms with Crippen LogP contribution in [0.4, 0.5) is 0 Å². The molecule has 0 aliphatic rings. The number of aromatic nitrogens is 2. The third kappa shape index (κ3) is 5.48. The summed E-state index contributed by atoms with van der Waals surface area (Å²) in [5.74, 6) is -0.506. The monoisotopic (exact) mass is 337 g/mol. The Kier molecular flexibility index (Phi) is 5.49. The molecule has 0 bridgehead atoms. The van der Waals surface area contributed by atoms with E-state index in [0.29, 0.717) is 5.82 Å². The minimum absolute atomic E-state index is 0.0422. The number of aryl methyl sites for hydroxylation is 1. The predicted octanol–water partition coefficient (Wildman–Crippen LogP) is 1.56. The Morgan fingerprint density at radius 1 is 1.30 bits per heavy atom. The van der Waals surface area contributed by atoms with Gasteiger partial charge in [-0.2, -0.15) is 4.98 Å². The molecule has 0 radical (unpaired) electrons. The Hall–Kier alpha value is -2.22. The van der Waals surface area contributed by atoms with Crippen molar-refractivity contribution in [2.24, 2.45) is 0 Å². The van der Waals surface area contributed by atoms with Gasteiger partial charge in [0.05, 0.1) is 11.8 Å². The van der Waals surface area contributed by atoms with Crippen LogP contribution in [0.3, 0.4) is 0 Å². The summed E-state index contributed by atoms with van der Waals surface area (Å²) >= 11 is 0. The number of carbonyl (C=O) groups excluding carboxylic acids is 1. The van der Waals surface area contributed by atoms with E-state index in [-0.39, 0.29) is 35.8 Å². The third-order valence-electron chi connectivity index (χ3n) is 3.23. The van der Waals surface area contributed by atoms with Crippen LogP contribution in [0.2, 0.25) is 0 Å². The van der Waals surface area contributed by atoms with Gasteiger partial charge in [-0.15, -0.1) is 0 Å². The number of rotatable bonds is 7. The Labute approximate surface area is 135 Å². The van der Waals surface area contributed by atoms with E-state index in [1.807, 2.05) is 37.3 Å². The van der Waals surface area contributed by atoms with Gasteiger partial charge < -0.3 is 9.84 Å². The Bertz CT molecular complexity index is 756. The molecular formula is C15H19N3O4S. The van der Waals surface area contributed by atoms with Crippen LogP contribution in [0.25, 0.3) is 0 Å². The van der Waals surface area contributed by atoms with E-state index in [0.717, 1.165) is 5.56 Å². The molecule has 1 heterocycles. The number of nitrogens with zero attached hydrogens (tertiary/aromatic N) is 2. The molecule has 1 aromatic carbocycles. The number of carbonyl (C=O) groups is 1. The third-order valence-corrected chi connectivity index (χ3v) is 4.74. The summed E-state index contributed by atoms with van der Waals surface area (Å²) in [7, 11) is -3.47. The second-order valence-electron chi connectivity index (χ2n) is 5.28. The van der Waals surface area contributed by atoms with Gasteiger partial charge in [-0.25, -0.2) is 8.42 Å². The molecule has 1 aromatic heterocycles. The van der Waals surface area contributed by atoms with Crippen LogP contribution in [0, 0.1) is 6.92 Å². The van der Waals surface area contributed by atoms with Gasteiger partial charge in [0.15, 0.2) is 15.7 Å². The zero-order valence-corrected chi connectivity index (χ0v) is 13.8. The molecule has 1 amide bonds. The average molecular weight is 337 g/mol. The number of hydrogen-bond donors (Lipinski definition) is 1. The molecular weight excluding hydrogens is 318 g/mol.